The van der Waals surface area contributed by atoms with Crippen LogP contribution >= 0.6 is 22.7 Å². The van der Waals surface area contributed by atoms with E-state index in [2.05, 4.69) is 221 Å². The fourth-order valence-corrected chi connectivity index (χ4v) is 14.6. The van der Waals surface area contributed by atoms with Crippen molar-refractivity contribution in [1.82, 2.24) is 0 Å². The molecule has 1 atom stereocenters. The SMILES string of the molecule is C=C/C=C\C1=C(C)C(C)(C)c2ccccc2C12c1cc(N(c3ccccc3)c3cccc4oc5ccccc5c34)sc1C1(c3ccccc3C(C)(C)c3ccccc31)c1ccsc12. The Balaban J connectivity index is 1.29. The fourth-order valence-electron chi connectivity index (χ4n) is 11.9. The Labute approximate surface area is 377 Å². The highest BCUT2D eigenvalue weighted by molar-refractivity contribution is 7.17. The number of hydrogen-bond acceptors (Lipinski definition) is 4. The van der Waals surface area contributed by atoms with Gasteiger partial charge in [-0.3, -0.25) is 0 Å². The van der Waals surface area contributed by atoms with Gasteiger partial charge in [-0.25, -0.2) is 0 Å². The summed E-state index contributed by atoms with van der Waals surface area (Å²) in [5.74, 6) is 0. The molecule has 12 rings (SSSR count). The van der Waals surface area contributed by atoms with E-state index in [9.17, 15) is 0 Å². The molecule has 0 amide bonds. The van der Waals surface area contributed by atoms with Gasteiger partial charge in [0.1, 0.15) is 16.2 Å². The topological polar surface area (TPSA) is 16.4 Å². The number of allylic oxidation sites excluding steroid dienone is 5. The van der Waals surface area contributed by atoms with Gasteiger partial charge in [0.2, 0.25) is 0 Å². The summed E-state index contributed by atoms with van der Waals surface area (Å²) in [4.78, 5) is 5.24. The maximum Gasteiger partial charge on any atom is 0.137 e. The van der Waals surface area contributed by atoms with Crippen molar-refractivity contribution in [2.45, 2.75) is 56.3 Å². The maximum atomic E-state index is 6.58. The molecule has 0 radical (unpaired) electrons. The number of hydrogen-bond donors (Lipinski definition) is 0. The first-order valence-electron chi connectivity index (χ1n) is 22.0. The number of thiophene rings is 2. The van der Waals surface area contributed by atoms with Crippen LogP contribution in [-0.2, 0) is 21.7 Å². The van der Waals surface area contributed by atoms with E-state index in [-0.39, 0.29) is 10.8 Å². The third-order valence-corrected chi connectivity index (χ3v) is 17.2. The molecule has 3 heterocycles. The Bertz CT molecular complexity index is 3350. The summed E-state index contributed by atoms with van der Waals surface area (Å²) in [6.07, 6.45) is 6.47. The quantitative estimate of drug-likeness (QED) is 0.160. The van der Waals surface area contributed by atoms with Crippen LogP contribution in [0.25, 0.3) is 21.9 Å². The maximum absolute atomic E-state index is 6.58. The number of furan rings is 1. The lowest BCUT2D eigenvalue weighted by atomic mass is 9.48. The average Bonchev–Trinajstić information content (AvgIpc) is 4.08. The fraction of sp³-hybridized carbons (Fsp3) is 0.153. The minimum Gasteiger partial charge on any atom is -0.456 e. The van der Waals surface area contributed by atoms with E-state index < -0.39 is 10.8 Å². The van der Waals surface area contributed by atoms with E-state index in [0.717, 1.165) is 38.3 Å². The molecule has 0 bridgehead atoms. The van der Waals surface area contributed by atoms with Gasteiger partial charge in [0.15, 0.2) is 0 Å². The summed E-state index contributed by atoms with van der Waals surface area (Å²) in [5, 5.41) is 5.74. The van der Waals surface area contributed by atoms with Crippen LogP contribution in [0.3, 0.4) is 0 Å². The molecule has 3 aliphatic carbocycles. The number of para-hydroxylation sites is 2. The van der Waals surface area contributed by atoms with Crippen LogP contribution in [-0.4, -0.2) is 0 Å². The number of benzene rings is 6. The predicted molar refractivity (Wildman–Crippen MR) is 266 cm³/mol. The van der Waals surface area contributed by atoms with E-state index in [1.54, 1.807) is 0 Å². The normalized spacial score (nSPS) is 18.6. The molecule has 306 valence electrons. The van der Waals surface area contributed by atoms with Gasteiger partial charge in [-0.1, -0.05) is 173 Å². The molecule has 3 aromatic heterocycles. The Hall–Kier alpha value is -6.46. The van der Waals surface area contributed by atoms with Gasteiger partial charge >= 0.3 is 0 Å². The lowest BCUT2D eigenvalue weighted by Gasteiger charge is -2.55. The summed E-state index contributed by atoms with van der Waals surface area (Å²) in [7, 11) is 0. The van der Waals surface area contributed by atoms with Crippen molar-refractivity contribution in [1.29, 1.82) is 0 Å². The number of nitrogens with zero attached hydrogens (tertiary/aromatic N) is 1. The van der Waals surface area contributed by atoms with Gasteiger partial charge in [-0.2, -0.15) is 0 Å². The third kappa shape index (κ3) is 4.83. The number of rotatable bonds is 5. The standard InChI is InChI=1S/C59H47NOS2/c1-7-8-24-40-37(2)56(3,4)41-25-13-16-28-44(41)58(40)48-36-52(60(38-21-10-9-11-22-38)49-31-20-33-51-53(49)39-23-12-19-32-50(39)61-51)63-55(48)59(47-34-35-62-54(47)58)45-29-17-14-26-42(45)57(5,6)43-27-15-18-30-46(43)59/h7-36H,1H2,2-6H3/b24-8-. The number of fused-ring (bicyclic) bond motifs is 15. The molecule has 6 aromatic carbocycles. The molecule has 3 aliphatic rings. The third-order valence-electron chi connectivity index (χ3n) is 14.9. The highest BCUT2D eigenvalue weighted by Gasteiger charge is 2.62. The molecule has 2 nitrogen and oxygen atoms in total. The van der Waals surface area contributed by atoms with Crippen molar-refractivity contribution in [3.8, 4) is 0 Å². The zero-order valence-electron chi connectivity index (χ0n) is 36.2. The molecule has 0 saturated heterocycles. The van der Waals surface area contributed by atoms with Crippen LogP contribution in [0.2, 0.25) is 0 Å². The molecule has 1 unspecified atom stereocenters. The Kier molecular flexibility index (Phi) is 8.21. The van der Waals surface area contributed by atoms with Crippen molar-refractivity contribution in [2.24, 2.45) is 0 Å². The Morgan fingerprint density at radius 3 is 1.83 bits per heavy atom. The highest BCUT2D eigenvalue weighted by Crippen LogP contribution is 2.70. The minimum absolute atomic E-state index is 0.212. The zero-order chi connectivity index (χ0) is 42.9. The monoisotopic (exact) mass is 849 g/mol. The first-order chi connectivity index (χ1) is 30.7. The molecular formula is C59H47NOS2. The molecule has 0 N–H and O–H groups in total. The first kappa shape index (κ1) is 38.2. The smallest absolute Gasteiger partial charge is 0.137 e. The van der Waals surface area contributed by atoms with Gasteiger partial charge in [-0.15, -0.1) is 22.7 Å². The Morgan fingerprint density at radius 1 is 0.556 bits per heavy atom. The van der Waals surface area contributed by atoms with Gasteiger partial charge < -0.3 is 9.32 Å². The van der Waals surface area contributed by atoms with Gasteiger partial charge in [0, 0.05) is 31.7 Å². The molecule has 0 aliphatic heterocycles. The van der Waals surface area contributed by atoms with E-state index >= 15 is 0 Å². The number of anilines is 3. The lowest BCUT2D eigenvalue weighted by Crippen LogP contribution is -2.50. The van der Waals surface area contributed by atoms with E-state index in [1.807, 2.05) is 28.7 Å². The second kappa shape index (κ2) is 13.5. The largest absolute Gasteiger partial charge is 0.456 e. The van der Waals surface area contributed by atoms with Crippen molar-refractivity contribution >= 4 is 61.0 Å². The summed E-state index contributed by atoms with van der Waals surface area (Å²) in [6, 6.07) is 58.9. The molecule has 9 aromatic rings. The van der Waals surface area contributed by atoms with Gasteiger partial charge in [0.25, 0.3) is 0 Å². The molecule has 0 saturated carbocycles. The second-order valence-electron chi connectivity index (χ2n) is 18.4. The van der Waals surface area contributed by atoms with Crippen molar-refractivity contribution in [2.75, 3.05) is 4.90 Å². The van der Waals surface area contributed by atoms with Crippen LogP contribution in [0.1, 0.15) is 88.9 Å². The average molecular weight is 850 g/mol. The van der Waals surface area contributed by atoms with Crippen molar-refractivity contribution in [3.63, 3.8) is 0 Å². The van der Waals surface area contributed by atoms with Gasteiger partial charge in [0.05, 0.1) is 21.9 Å². The molecule has 4 heteroatoms. The van der Waals surface area contributed by atoms with E-state index in [4.69, 9.17) is 4.42 Å². The second-order valence-corrected chi connectivity index (χ2v) is 20.4. The van der Waals surface area contributed by atoms with Gasteiger partial charge in [-0.05, 0) is 105 Å². The summed E-state index contributed by atoms with van der Waals surface area (Å²) in [6.45, 7) is 16.2. The minimum atomic E-state index is -0.623. The van der Waals surface area contributed by atoms with Crippen molar-refractivity contribution in [3.05, 3.63) is 253 Å². The summed E-state index contributed by atoms with van der Waals surface area (Å²) >= 11 is 3.87. The molecule has 0 fully saturated rings. The Morgan fingerprint density at radius 2 is 1.14 bits per heavy atom. The zero-order valence-corrected chi connectivity index (χ0v) is 37.8. The van der Waals surface area contributed by atoms with Crippen LogP contribution in [0, 0.1) is 0 Å². The lowest BCUT2D eigenvalue weighted by molar-refractivity contribution is 0.518. The van der Waals surface area contributed by atoms with E-state index in [0.29, 0.717) is 0 Å². The van der Waals surface area contributed by atoms with Crippen LogP contribution < -0.4 is 4.90 Å². The molecular weight excluding hydrogens is 803 g/mol. The van der Waals surface area contributed by atoms with Crippen LogP contribution in [0.15, 0.2) is 203 Å². The molecule has 63 heavy (non-hydrogen) atoms. The molecule has 2 spiro atoms. The first-order valence-corrected chi connectivity index (χ1v) is 23.7. The van der Waals surface area contributed by atoms with Crippen LogP contribution in [0.4, 0.5) is 16.4 Å². The van der Waals surface area contributed by atoms with Crippen molar-refractivity contribution < 1.29 is 4.42 Å². The van der Waals surface area contributed by atoms with E-state index in [1.165, 1.54) is 65.4 Å². The highest BCUT2D eigenvalue weighted by atomic mass is 32.1. The summed E-state index contributed by atoms with van der Waals surface area (Å²) in [5.41, 5.74) is 15.9. The predicted octanol–water partition coefficient (Wildman–Crippen LogP) is 16.2. The van der Waals surface area contributed by atoms with Crippen LogP contribution in [0.5, 0.6) is 0 Å². The summed E-state index contributed by atoms with van der Waals surface area (Å²) < 4.78 is 6.58.